The Kier molecular flexibility index (Phi) is 10.1. The first-order valence-corrected chi connectivity index (χ1v) is 9.17. The lowest BCUT2D eigenvalue weighted by atomic mass is 10.1. The minimum Gasteiger partial charge on any atom is -0.460 e. The smallest absolute Gasteiger partial charge is 0.408 e. The van der Waals surface area contributed by atoms with Crippen molar-refractivity contribution in [1.29, 1.82) is 0 Å². The number of methoxy groups -OCH3 is 2. The standard InChI is InChI=1S/C20H30N2O7/c1-20(2,3)29-16(23)11-15(18(24)21-12-17(26-4)27-5)22-19(25)28-13-14-9-7-6-8-10-14/h6-10,15,17H,11-13H2,1-5H3,(H,21,24)(H,22,25). The third-order valence-electron chi connectivity index (χ3n) is 3.58. The molecule has 0 radical (unpaired) electrons. The SMILES string of the molecule is COC(CNC(=O)C(CC(=O)OC(C)(C)C)NC(=O)OCc1ccccc1)OC. The van der Waals surface area contributed by atoms with Crippen LogP contribution in [0.1, 0.15) is 32.8 Å². The third-order valence-corrected chi connectivity index (χ3v) is 3.58. The molecule has 2 amide bonds. The minimum atomic E-state index is -1.18. The quantitative estimate of drug-likeness (QED) is 0.446. The fourth-order valence-corrected chi connectivity index (χ4v) is 2.24. The normalized spacial score (nSPS) is 12.2. The number of hydrogen-bond donors (Lipinski definition) is 2. The Balaban J connectivity index is 2.70. The predicted octanol–water partition coefficient (Wildman–Crippen LogP) is 1.75. The first-order valence-electron chi connectivity index (χ1n) is 9.17. The molecule has 0 spiro atoms. The van der Waals surface area contributed by atoms with Crippen molar-refractivity contribution >= 4 is 18.0 Å². The molecular weight excluding hydrogens is 380 g/mol. The summed E-state index contributed by atoms with van der Waals surface area (Å²) in [5.41, 5.74) is 0.0715. The van der Waals surface area contributed by atoms with Gasteiger partial charge in [-0.25, -0.2) is 4.79 Å². The number of alkyl carbamates (subject to hydrolysis) is 1. The zero-order valence-electron chi connectivity index (χ0n) is 17.5. The highest BCUT2D eigenvalue weighted by Crippen LogP contribution is 2.10. The molecule has 1 atom stereocenters. The highest BCUT2D eigenvalue weighted by Gasteiger charge is 2.28. The van der Waals surface area contributed by atoms with Gasteiger partial charge in [0.05, 0.1) is 13.0 Å². The number of nitrogens with one attached hydrogen (secondary N) is 2. The second kappa shape index (κ2) is 12.0. The Morgan fingerprint density at radius 2 is 1.66 bits per heavy atom. The number of carbonyl (C=O) groups is 3. The van der Waals surface area contributed by atoms with Gasteiger partial charge < -0.3 is 29.6 Å². The lowest BCUT2D eigenvalue weighted by Crippen LogP contribution is -2.50. The maximum Gasteiger partial charge on any atom is 0.408 e. The molecule has 0 aromatic heterocycles. The van der Waals surface area contributed by atoms with E-state index < -0.39 is 35.9 Å². The van der Waals surface area contributed by atoms with Crippen molar-refractivity contribution < 1.29 is 33.3 Å². The van der Waals surface area contributed by atoms with Crippen LogP contribution in [0.3, 0.4) is 0 Å². The third kappa shape index (κ3) is 10.5. The van der Waals surface area contributed by atoms with Gasteiger partial charge in [-0.1, -0.05) is 30.3 Å². The number of benzene rings is 1. The molecule has 0 aliphatic heterocycles. The van der Waals surface area contributed by atoms with Crippen LogP contribution in [0.4, 0.5) is 4.79 Å². The molecular formula is C20H30N2O7. The molecule has 0 aliphatic rings. The molecule has 1 unspecified atom stereocenters. The Morgan fingerprint density at radius 3 is 2.21 bits per heavy atom. The van der Waals surface area contributed by atoms with Crippen molar-refractivity contribution in [2.75, 3.05) is 20.8 Å². The van der Waals surface area contributed by atoms with Gasteiger partial charge in [-0.2, -0.15) is 0 Å². The average molecular weight is 410 g/mol. The van der Waals surface area contributed by atoms with Crippen molar-refractivity contribution in [3.05, 3.63) is 35.9 Å². The van der Waals surface area contributed by atoms with Crippen molar-refractivity contribution in [3.63, 3.8) is 0 Å². The molecule has 0 aliphatic carbocycles. The summed E-state index contributed by atoms with van der Waals surface area (Å²) in [5, 5.41) is 4.97. The molecule has 29 heavy (non-hydrogen) atoms. The van der Waals surface area contributed by atoms with Gasteiger partial charge in [0.25, 0.3) is 0 Å². The molecule has 1 aromatic rings. The van der Waals surface area contributed by atoms with Crippen molar-refractivity contribution in [2.24, 2.45) is 0 Å². The van der Waals surface area contributed by atoms with Gasteiger partial charge in [0.1, 0.15) is 18.2 Å². The summed E-state index contributed by atoms with van der Waals surface area (Å²) in [6.07, 6.45) is -1.84. The summed E-state index contributed by atoms with van der Waals surface area (Å²) in [4.78, 5) is 36.8. The molecule has 0 saturated carbocycles. The van der Waals surface area contributed by atoms with Crippen LogP contribution in [0, 0.1) is 0 Å². The number of esters is 1. The van der Waals surface area contributed by atoms with Crippen LogP contribution in [0.5, 0.6) is 0 Å². The van der Waals surface area contributed by atoms with E-state index in [0.29, 0.717) is 0 Å². The molecule has 0 heterocycles. The molecule has 0 saturated heterocycles. The minimum absolute atomic E-state index is 0.0306. The van der Waals surface area contributed by atoms with E-state index in [9.17, 15) is 14.4 Å². The van der Waals surface area contributed by atoms with Crippen molar-refractivity contribution in [1.82, 2.24) is 10.6 Å². The van der Waals surface area contributed by atoms with Gasteiger partial charge in [-0.3, -0.25) is 9.59 Å². The molecule has 0 bridgehead atoms. The van der Waals surface area contributed by atoms with Gasteiger partial charge >= 0.3 is 12.1 Å². The second-order valence-electron chi connectivity index (χ2n) is 7.20. The zero-order valence-corrected chi connectivity index (χ0v) is 17.5. The Morgan fingerprint density at radius 1 is 1.03 bits per heavy atom. The van der Waals surface area contributed by atoms with Gasteiger partial charge in [-0.05, 0) is 26.3 Å². The number of hydrogen-bond acceptors (Lipinski definition) is 7. The molecule has 1 rings (SSSR count). The number of carbonyl (C=O) groups excluding carboxylic acids is 3. The van der Waals surface area contributed by atoms with Crippen LogP contribution in [-0.4, -0.2) is 56.7 Å². The average Bonchev–Trinajstić information content (AvgIpc) is 2.65. The molecule has 9 nitrogen and oxygen atoms in total. The number of amides is 2. The van der Waals surface area contributed by atoms with Gasteiger partial charge in [0, 0.05) is 14.2 Å². The van der Waals surface area contributed by atoms with Crippen molar-refractivity contribution in [2.45, 2.75) is 51.7 Å². The van der Waals surface area contributed by atoms with Crippen LogP contribution >= 0.6 is 0 Å². The Hall–Kier alpha value is -2.65. The maximum absolute atomic E-state index is 12.5. The molecule has 0 fully saturated rings. The highest BCUT2D eigenvalue weighted by atomic mass is 16.7. The second-order valence-corrected chi connectivity index (χ2v) is 7.20. The summed E-state index contributed by atoms with van der Waals surface area (Å²) in [6.45, 7) is 5.20. The monoisotopic (exact) mass is 410 g/mol. The van der Waals surface area contributed by atoms with Crippen LogP contribution in [0.15, 0.2) is 30.3 Å². The highest BCUT2D eigenvalue weighted by molar-refractivity contribution is 5.89. The molecule has 9 heteroatoms. The number of rotatable bonds is 10. The zero-order chi connectivity index (χ0) is 21.9. The van der Waals surface area contributed by atoms with Crippen LogP contribution in [-0.2, 0) is 35.1 Å². The topological polar surface area (TPSA) is 112 Å². The summed E-state index contributed by atoms with van der Waals surface area (Å²) < 4.78 is 20.4. The van der Waals surface area contributed by atoms with E-state index in [4.69, 9.17) is 18.9 Å². The van der Waals surface area contributed by atoms with Crippen LogP contribution in [0.2, 0.25) is 0 Å². The largest absolute Gasteiger partial charge is 0.460 e. The van der Waals surface area contributed by atoms with E-state index in [1.54, 1.807) is 32.9 Å². The van der Waals surface area contributed by atoms with Crippen LogP contribution in [0.25, 0.3) is 0 Å². The fourth-order valence-electron chi connectivity index (χ4n) is 2.24. The molecule has 1 aromatic carbocycles. The van der Waals surface area contributed by atoms with E-state index in [2.05, 4.69) is 10.6 Å². The predicted molar refractivity (Wildman–Crippen MR) is 105 cm³/mol. The summed E-state index contributed by atoms with van der Waals surface area (Å²) >= 11 is 0. The van der Waals surface area contributed by atoms with E-state index in [-0.39, 0.29) is 19.6 Å². The van der Waals surface area contributed by atoms with Crippen LogP contribution < -0.4 is 10.6 Å². The van der Waals surface area contributed by atoms with E-state index in [1.807, 2.05) is 18.2 Å². The fraction of sp³-hybridized carbons (Fsp3) is 0.550. The summed E-state index contributed by atoms with van der Waals surface area (Å²) in [7, 11) is 2.86. The lowest BCUT2D eigenvalue weighted by Gasteiger charge is -2.23. The number of ether oxygens (including phenoxy) is 4. The van der Waals surface area contributed by atoms with Gasteiger partial charge in [0.2, 0.25) is 5.91 Å². The van der Waals surface area contributed by atoms with Gasteiger partial charge in [0.15, 0.2) is 6.29 Å². The molecule has 2 N–H and O–H groups in total. The first-order chi connectivity index (χ1) is 13.6. The van der Waals surface area contributed by atoms with E-state index in [1.165, 1.54) is 14.2 Å². The first kappa shape index (κ1) is 24.4. The molecule has 162 valence electrons. The Bertz CT molecular complexity index is 655. The summed E-state index contributed by atoms with van der Waals surface area (Å²) in [5.74, 6) is -1.22. The van der Waals surface area contributed by atoms with E-state index >= 15 is 0 Å². The summed E-state index contributed by atoms with van der Waals surface area (Å²) in [6, 6.07) is 7.90. The van der Waals surface area contributed by atoms with Crippen molar-refractivity contribution in [3.8, 4) is 0 Å². The van der Waals surface area contributed by atoms with E-state index in [0.717, 1.165) is 5.56 Å². The van der Waals surface area contributed by atoms with Gasteiger partial charge in [-0.15, -0.1) is 0 Å². The maximum atomic E-state index is 12.5. The lowest BCUT2D eigenvalue weighted by molar-refractivity contribution is -0.156. The Labute approximate surface area is 171 Å².